The Kier molecular flexibility index (Phi) is 5.75. The molecule has 0 saturated carbocycles. The van der Waals surface area contributed by atoms with Crippen LogP contribution in [-0.2, 0) is 4.79 Å². The summed E-state index contributed by atoms with van der Waals surface area (Å²) in [6.45, 7) is 2.19. The molecule has 1 fully saturated rings. The molecule has 138 valence electrons. The first-order chi connectivity index (χ1) is 12.7. The van der Waals surface area contributed by atoms with E-state index in [4.69, 9.17) is 16.3 Å². The number of nitrogens with one attached hydrogen (secondary N) is 3. The molecule has 26 heavy (non-hydrogen) atoms. The van der Waals surface area contributed by atoms with Crippen molar-refractivity contribution in [2.45, 2.75) is 6.04 Å². The van der Waals surface area contributed by atoms with Crippen LogP contribution in [0.5, 0.6) is 5.75 Å². The molecule has 3 N–H and O–H groups in total. The van der Waals surface area contributed by atoms with Crippen LogP contribution in [0.4, 0.5) is 17.5 Å². The van der Waals surface area contributed by atoms with E-state index in [9.17, 15) is 4.79 Å². The van der Waals surface area contributed by atoms with E-state index in [1.165, 1.54) is 6.20 Å². The molecule has 1 aromatic carbocycles. The van der Waals surface area contributed by atoms with Gasteiger partial charge in [-0.15, -0.1) is 0 Å². The molecule has 1 saturated heterocycles. The average Bonchev–Trinajstić information content (AvgIpc) is 2.69. The Bertz CT molecular complexity index is 788. The monoisotopic (exact) mass is 376 g/mol. The van der Waals surface area contributed by atoms with Crippen LogP contribution in [0.1, 0.15) is 11.6 Å². The van der Waals surface area contributed by atoms with Crippen LogP contribution in [-0.4, -0.2) is 55.1 Å². The highest BCUT2D eigenvalue weighted by Crippen LogP contribution is 2.32. The molecule has 2 aromatic rings. The van der Waals surface area contributed by atoms with Crippen LogP contribution in [0.3, 0.4) is 0 Å². The number of piperazine rings is 1. The normalized spacial score (nSPS) is 16.9. The first-order valence-corrected chi connectivity index (χ1v) is 8.61. The smallest absolute Gasteiger partial charge is 0.229 e. The van der Waals surface area contributed by atoms with Gasteiger partial charge in [0.2, 0.25) is 12.4 Å². The minimum atomic E-state index is -0.0214. The third kappa shape index (κ3) is 3.81. The molecule has 1 aliphatic rings. The van der Waals surface area contributed by atoms with Crippen LogP contribution >= 0.6 is 11.6 Å². The minimum absolute atomic E-state index is 0.0214. The van der Waals surface area contributed by atoms with Gasteiger partial charge in [0.05, 0.1) is 25.0 Å². The summed E-state index contributed by atoms with van der Waals surface area (Å²) in [6, 6.07) is 5.76. The van der Waals surface area contributed by atoms with Gasteiger partial charge in [0.15, 0.2) is 0 Å². The van der Waals surface area contributed by atoms with E-state index in [0.29, 0.717) is 35.6 Å². The number of nitrogens with zero attached hydrogens (tertiary/aromatic N) is 3. The maximum Gasteiger partial charge on any atom is 0.229 e. The molecular formula is C17H21ClN6O2. The van der Waals surface area contributed by atoms with Gasteiger partial charge >= 0.3 is 0 Å². The Labute approximate surface area is 156 Å². The molecule has 0 spiro atoms. The molecule has 1 aromatic heterocycles. The molecule has 1 amide bonds. The number of aromatic nitrogens is 2. The fourth-order valence-corrected chi connectivity index (χ4v) is 3.08. The van der Waals surface area contributed by atoms with Crippen molar-refractivity contribution in [1.29, 1.82) is 0 Å². The summed E-state index contributed by atoms with van der Waals surface area (Å²) < 4.78 is 5.51. The molecule has 2 heterocycles. The maximum atomic E-state index is 11.3. The van der Waals surface area contributed by atoms with Crippen LogP contribution < -0.4 is 20.7 Å². The number of carbonyl (C=O) groups excluding carboxylic acids is 1. The summed E-state index contributed by atoms with van der Waals surface area (Å²) in [5.41, 5.74) is 1.72. The standard InChI is InChI=1S/C17H21ClN6O2/c1-19-16-12(18)8-21-17(23-16)22-13-4-3-11(7-15(13)26-2)14-9-20-5-6-24(14)10-25/h3-4,7-8,10,14,20H,5-6,9H2,1-2H3,(H2,19,21,22,23). The minimum Gasteiger partial charge on any atom is -0.495 e. The van der Waals surface area contributed by atoms with E-state index in [1.807, 2.05) is 18.2 Å². The number of benzene rings is 1. The SMILES string of the molecule is CNc1nc(Nc2ccc(C3CNCCN3C=O)cc2OC)ncc1Cl. The van der Waals surface area contributed by atoms with Crippen molar-refractivity contribution in [2.75, 3.05) is 44.4 Å². The number of anilines is 3. The Morgan fingerprint density at radius 1 is 1.46 bits per heavy atom. The van der Waals surface area contributed by atoms with E-state index in [2.05, 4.69) is 25.9 Å². The number of carbonyl (C=O) groups is 1. The molecule has 0 aliphatic carbocycles. The van der Waals surface area contributed by atoms with Crippen molar-refractivity contribution in [1.82, 2.24) is 20.2 Å². The fourth-order valence-electron chi connectivity index (χ4n) is 2.90. The molecule has 0 radical (unpaired) electrons. The van der Waals surface area contributed by atoms with Crippen LogP contribution in [0.2, 0.25) is 5.02 Å². The highest BCUT2D eigenvalue weighted by molar-refractivity contribution is 6.32. The highest BCUT2D eigenvalue weighted by atomic mass is 35.5. The zero-order valence-corrected chi connectivity index (χ0v) is 15.4. The van der Waals surface area contributed by atoms with Gasteiger partial charge in [-0.25, -0.2) is 4.98 Å². The lowest BCUT2D eigenvalue weighted by Gasteiger charge is -2.33. The predicted molar refractivity (Wildman–Crippen MR) is 101 cm³/mol. The summed E-state index contributed by atoms with van der Waals surface area (Å²) in [7, 11) is 3.34. The number of amides is 1. The van der Waals surface area contributed by atoms with Crippen molar-refractivity contribution in [2.24, 2.45) is 0 Å². The zero-order chi connectivity index (χ0) is 18.5. The van der Waals surface area contributed by atoms with Crippen LogP contribution in [0.25, 0.3) is 0 Å². The Morgan fingerprint density at radius 2 is 2.31 bits per heavy atom. The van der Waals surface area contributed by atoms with Crippen molar-refractivity contribution in [3.05, 3.63) is 35.0 Å². The van der Waals surface area contributed by atoms with Gasteiger partial charge < -0.3 is 25.6 Å². The Balaban J connectivity index is 1.86. The van der Waals surface area contributed by atoms with Crippen molar-refractivity contribution in [3.8, 4) is 5.75 Å². The molecular weight excluding hydrogens is 356 g/mol. The first kappa shape index (κ1) is 18.2. The highest BCUT2D eigenvalue weighted by Gasteiger charge is 2.23. The van der Waals surface area contributed by atoms with Gasteiger partial charge in [0, 0.05) is 26.7 Å². The van der Waals surface area contributed by atoms with E-state index < -0.39 is 0 Å². The van der Waals surface area contributed by atoms with Gasteiger partial charge in [-0.1, -0.05) is 17.7 Å². The fraction of sp³-hybridized carbons (Fsp3) is 0.353. The lowest BCUT2D eigenvalue weighted by atomic mass is 10.0. The lowest BCUT2D eigenvalue weighted by Crippen LogP contribution is -2.45. The Morgan fingerprint density at radius 3 is 3.04 bits per heavy atom. The maximum absolute atomic E-state index is 11.3. The van der Waals surface area contributed by atoms with Crippen LogP contribution in [0, 0.1) is 0 Å². The quantitative estimate of drug-likeness (QED) is 0.664. The van der Waals surface area contributed by atoms with Crippen molar-refractivity contribution < 1.29 is 9.53 Å². The molecule has 0 bridgehead atoms. The van der Waals surface area contributed by atoms with Crippen molar-refractivity contribution in [3.63, 3.8) is 0 Å². The molecule has 1 atom stereocenters. The van der Waals surface area contributed by atoms with Gasteiger partial charge in [-0.3, -0.25) is 4.79 Å². The summed E-state index contributed by atoms with van der Waals surface area (Å²) in [4.78, 5) is 21.6. The van der Waals surface area contributed by atoms with Gasteiger partial charge in [0.1, 0.15) is 16.6 Å². The molecule has 8 nitrogen and oxygen atoms in total. The summed E-state index contributed by atoms with van der Waals surface area (Å²) in [6.07, 6.45) is 2.42. The molecule has 1 aliphatic heterocycles. The average molecular weight is 377 g/mol. The number of hydrogen-bond donors (Lipinski definition) is 3. The molecule has 9 heteroatoms. The molecule has 1 unspecified atom stereocenters. The Hall–Kier alpha value is -2.58. The summed E-state index contributed by atoms with van der Waals surface area (Å²) in [5.74, 6) is 1.58. The second-order valence-electron chi connectivity index (χ2n) is 5.79. The van der Waals surface area contributed by atoms with Gasteiger partial charge in [0.25, 0.3) is 0 Å². The number of rotatable bonds is 6. The number of hydrogen-bond acceptors (Lipinski definition) is 7. The second kappa shape index (κ2) is 8.20. The summed E-state index contributed by atoms with van der Waals surface area (Å²) in [5, 5.41) is 9.80. The number of ether oxygens (including phenoxy) is 1. The van der Waals surface area contributed by atoms with E-state index in [-0.39, 0.29) is 6.04 Å². The summed E-state index contributed by atoms with van der Waals surface area (Å²) >= 11 is 6.01. The van der Waals surface area contributed by atoms with E-state index in [0.717, 1.165) is 24.2 Å². The van der Waals surface area contributed by atoms with E-state index in [1.54, 1.807) is 19.1 Å². The topological polar surface area (TPSA) is 91.4 Å². The van der Waals surface area contributed by atoms with Gasteiger partial charge in [-0.05, 0) is 17.7 Å². The molecule has 3 rings (SSSR count). The predicted octanol–water partition coefficient (Wildman–Crippen LogP) is 2.03. The number of methoxy groups -OCH3 is 1. The zero-order valence-electron chi connectivity index (χ0n) is 14.6. The lowest BCUT2D eigenvalue weighted by molar-refractivity contribution is -0.121. The third-order valence-electron chi connectivity index (χ3n) is 4.26. The second-order valence-corrected chi connectivity index (χ2v) is 6.20. The third-order valence-corrected chi connectivity index (χ3v) is 4.53. The van der Waals surface area contributed by atoms with Crippen molar-refractivity contribution >= 4 is 35.5 Å². The first-order valence-electron chi connectivity index (χ1n) is 8.23. The number of halogens is 1. The largest absolute Gasteiger partial charge is 0.495 e. The van der Waals surface area contributed by atoms with Gasteiger partial charge in [-0.2, -0.15) is 4.98 Å². The van der Waals surface area contributed by atoms with Crippen LogP contribution in [0.15, 0.2) is 24.4 Å². The van der Waals surface area contributed by atoms with E-state index >= 15 is 0 Å².